The largest absolute Gasteiger partial charge is 0.354 e. The Morgan fingerprint density at radius 2 is 0.865 bits per heavy atom. The predicted octanol–water partition coefficient (Wildman–Crippen LogP) is 12.7. The average molecular weight is 673 g/mol. The summed E-state index contributed by atoms with van der Waals surface area (Å²) in [4.78, 5) is 10.2. The molecule has 0 saturated heterocycles. The number of aromatic nitrogens is 1. The summed E-state index contributed by atoms with van der Waals surface area (Å²) < 4.78 is 0. The molecule has 0 saturated carbocycles. The molecule has 0 radical (unpaired) electrons. The van der Waals surface area contributed by atoms with E-state index in [1.54, 1.807) is 0 Å². The van der Waals surface area contributed by atoms with Crippen LogP contribution in [-0.2, 0) is 5.54 Å². The fourth-order valence-electron chi connectivity index (χ4n) is 8.72. The Labute approximate surface area is 308 Å². The van der Waals surface area contributed by atoms with E-state index < -0.39 is 5.54 Å². The lowest BCUT2D eigenvalue weighted by Gasteiger charge is -2.32. The highest BCUT2D eigenvalue weighted by atomic mass is 14.9. The number of aliphatic imine (C=N–C) groups is 1. The maximum atomic E-state index is 6.10. The minimum atomic E-state index is -0.883. The molecule has 2 heterocycles. The lowest BCUT2D eigenvalue weighted by molar-refractivity contribution is 0.691. The predicted molar refractivity (Wildman–Crippen MR) is 220 cm³/mol. The summed E-state index contributed by atoms with van der Waals surface area (Å²) in [6.45, 7) is 13.4. The zero-order chi connectivity index (χ0) is 36.0. The Kier molecular flexibility index (Phi) is 8.47. The van der Waals surface area contributed by atoms with E-state index in [0.717, 1.165) is 44.9 Å². The van der Waals surface area contributed by atoms with Gasteiger partial charge >= 0.3 is 0 Å². The van der Waals surface area contributed by atoms with Crippen LogP contribution >= 0.6 is 0 Å². The lowest BCUT2D eigenvalue weighted by Crippen LogP contribution is -2.26. The molecule has 1 aliphatic heterocycles. The summed E-state index contributed by atoms with van der Waals surface area (Å²) in [6, 6.07) is 52.4. The van der Waals surface area contributed by atoms with Gasteiger partial charge < -0.3 is 4.98 Å². The summed E-state index contributed by atoms with van der Waals surface area (Å²) >= 11 is 0. The van der Waals surface area contributed by atoms with Gasteiger partial charge in [-0.05, 0) is 92.1 Å². The Morgan fingerprint density at radius 1 is 0.423 bits per heavy atom. The highest BCUT2D eigenvalue weighted by molar-refractivity contribution is 6.34. The Bertz CT molecular complexity index is 2380. The average Bonchev–Trinajstić information content (AvgIpc) is 3.73. The maximum absolute atomic E-state index is 6.10. The number of allylic oxidation sites excluding steroid dienone is 1. The third-order valence-corrected chi connectivity index (χ3v) is 10.5. The van der Waals surface area contributed by atoms with Gasteiger partial charge in [-0.1, -0.05) is 157 Å². The molecule has 2 heteroatoms. The zero-order valence-corrected chi connectivity index (χ0v) is 30.9. The lowest BCUT2D eigenvalue weighted by atomic mass is 9.74. The van der Waals surface area contributed by atoms with E-state index in [9.17, 15) is 0 Å². The molecule has 2 nitrogen and oxygen atoms in total. The van der Waals surface area contributed by atoms with Gasteiger partial charge in [-0.15, -0.1) is 0 Å². The number of aryl methyl sites for hydroxylation is 6. The van der Waals surface area contributed by atoms with Crippen LogP contribution in [0.4, 0.5) is 0 Å². The third-order valence-electron chi connectivity index (χ3n) is 10.5. The smallest absolute Gasteiger partial charge is 0.134 e. The fraction of sp³-hybridized carbons (Fsp3) is 0.140. The summed E-state index contributed by atoms with van der Waals surface area (Å²) in [5, 5.41) is 0. The second-order valence-electron chi connectivity index (χ2n) is 14.4. The molecule has 254 valence electrons. The van der Waals surface area contributed by atoms with Crippen LogP contribution in [0.5, 0.6) is 0 Å². The van der Waals surface area contributed by atoms with Gasteiger partial charge in [-0.2, -0.15) is 0 Å². The quantitative estimate of drug-likeness (QED) is 0.175. The normalized spacial score (nSPS) is 15.4. The molecule has 1 aromatic heterocycles. The molecule has 8 rings (SSSR count). The highest BCUT2D eigenvalue weighted by Crippen LogP contribution is 2.55. The van der Waals surface area contributed by atoms with Gasteiger partial charge in [0.15, 0.2) is 0 Å². The van der Waals surface area contributed by atoms with E-state index in [0.29, 0.717) is 0 Å². The van der Waals surface area contributed by atoms with Crippen molar-refractivity contribution in [2.75, 3.05) is 0 Å². The zero-order valence-electron chi connectivity index (χ0n) is 30.9. The van der Waals surface area contributed by atoms with Crippen molar-refractivity contribution in [1.29, 1.82) is 0 Å². The molecule has 1 aliphatic rings. The fourth-order valence-corrected chi connectivity index (χ4v) is 8.72. The van der Waals surface area contributed by atoms with E-state index in [2.05, 4.69) is 198 Å². The van der Waals surface area contributed by atoms with Gasteiger partial charge in [0.2, 0.25) is 0 Å². The monoisotopic (exact) mass is 672 g/mol. The van der Waals surface area contributed by atoms with Gasteiger partial charge in [0, 0.05) is 27.8 Å². The van der Waals surface area contributed by atoms with Crippen molar-refractivity contribution in [3.8, 4) is 33.6 Å². The minimum Gasteiger partial charge on any atom is -0.354 e. The molecular weight excluding hydrogens is 629 g/mol. The van der Waals surface area contributed by atoms with Crippen molar-refractivity contribution in [2.24, 2.45) is 4.99 Å². The first-order chi connectivity index (χ1) is 25.2. The molecule has 0 amide bonds. The molecule has 52 heavy (non-hydrogen) atoms. The number of hydrogen-bond acceptors (Lipinski definition) is 1. The molecule has 0 fully saturated rings. The van der Waals surface area contributed by atoms with E-state index in [-0.39, 0.29) is 0 Å². The van der Waals surface area contributed by atoms with Crippen molar-refractivity contribution in [1.82, 2.24) is 4.98 Å². The van der Waals surface area contributed by atoms with E-state index in [1.807, 2.05) is 0 Å². The number of aromatic amines is 1. The van der Waals surface area contributed by atoms with E-state index >= 15 is 0 Å². The van der Waals surface area contributed by atoms with Crippen LogP contribution in [0.15, 0.2) is 157 Å². The molecule has 6 aromatic carbocycles. The summed E-state index contributed by atoms with van der Waals surface area (Å²) in [7, 11) is 0. The van der Waals surface area contributed by atoms with Crippen LogP contribution in [0.3, 0.4) is 0 Å². The molecule has 1 atom stereocenters. The second-order valence-corrected chi connectivity index (χ2v) is 14.4. The Hall–Kier alpha value is -5.99. The van der Waals surface area contributed by atoms with Crippen LogP contribution < -0.4 is 0 Å². The second kappa shape index (κ2) is 13.3. The summed E-state index contributed by atoms with van der Waals surface area (Å²) in [5.74, 6) is 0. The van der Waals surface area contributed by atoms with Gasteiger partial charge in [0.05, 0.1) is 17.1 Å². The number of nitrogens with zero attached hydrogens (tertiary/aromatic N) is 1. The molecule has 1 N–H and O–H groups in total. The Balaban J connectivity index is 1.63. The van der Waals surface area contributed by atoms with Gasteiger partial charge in [-0.25, -0.2) is 0 Å². The number of benzene rings is 6. The molecule has 1 unspecified atom stereocenters. The number of nitrogens with one attached hydrogen (secondary N) is 1. The number of rotatable bonds is 7. The van der Waals surface area contributed by atoms with Crippen molar-refractivity contribution < 1.29 is 0 Å². The van der Waals surface area contributed by atoms with Crippen LogP contribution in [0.2, 0.25) is 0 Å². The van der Waals surface area contributed by atoms with Gasteiger partial charge in [0.25, 0.3) is 0 Å². The molecule has 0 aliphatic carbocycles. The van der Waals surface area contributed by atoms with Crippen LogP contribution in [0, 0.1) is 41.5 Å². The van der Waals surface area contributed by atoms with E-state index in [1.165, 1.54) is 55.6 Å². The third kappa shape index (κ3) is 5.65. The molecule has 7 aromatic rings. The number of H-pyrrole nitrogens is 1. The van der Waals surface area contributed by atoms with Crippen molar-refractivity contribution >= 4 is 11.3 Å². The SMILES string of the molecule is Cc1cc(C)c(-c2[nH]c(-c3ccccc3)c(-c3ccccc3)c2C2(c3c(C)cc(C)cc3C)C=C(c3ccccc3)C(c3ccccc3)=N2)c(C)c1. The molecule has 0 spiro atoms. The van der Waals surface area contributed by atoms with Gasteiger partial charge in [0.1, 0.15) is 5.54 Å². The first-order valence-corrected chi connectivity index (χ1v) is 18.2. The first kappa shape index (κ1) is 33.2. The highest BCUT2D eigenvalue weighted by Gasteiger charge is 2.46. The van der Waals surface area contributed by atoms with Crippen LogP contribution in [0.1, 0.15) is 55.6 Å². The van der Waals surface area contributed by atoms with Crippen LogP contribution in [0.25, 0.3) is 39.2 Å². The topological polar surface area (TPSA) is 28.1 Å². The Morgan fingerprint density at radius 3 is 1.38 bits per heavy atom. The summed E-state index contributed by atoms with van der Waals surface area (Å²) in [6.07, 6.45) is 2.47. The van der Waals surface area contributed by atoms with E-state index in [4.69, 9.17) is 4.99 Å². The van der Waals surface area contributed by atoms with Gasteiger partial charge in [-0.3, -0.25) is 4.99 Å². The standard InChI is InChI=1S/C50H44N2/c1-32-27-34(3)43(35(4)28-32)49-46(44(39-21-13-8-14-22-39)48(51-49)41-25-17-10-18-26-41)50(45-36(5)29-33(2)30-37(45)6)31-42(38-19-11-7-12-20-38)47(52-50)40-23-15-9-16-24-40/h7-31,51H,1-6H3. The molecular formula is C50H44N2. The van der Waals surface area contributed by atoms with Crippen LogP contribution in [-0.4, -0.2) is 10.7 Å². The number of hydrogen-bond donors (Lipinski definition) is 1. The molecule has 0 bridgehead atoms. The van der Waals surface area contributed by atoms with Crippen molar-refractivity contribution in [2.45, 2.75) is 47.1 Å². The van der Waals surface area contributed by atoms with Crippen molar-refractivity contribution in [3.05, 3.63) is 207 Å². The first-order valence-electron chi connectivity index (χ1n) is 18.2. The maximum Gasteiger partial charge on any atom is 0.134 e. The summed E-state index contributed by atoms with van der Waals surface area (Å²) in [5.41, 5.74) is 20.2. The minimum absolute atomic E-state index is 0.883. The van der Waals surface area contributed by atoms with Crippen molar-refractivity contribution in [3.63, 3.8) is 0 Å².